The van der Waals surface area contributed by atoms with E-state index < -0.39 is 6.29 Å². The number of aryl methyl sites for hydroxylation is 1. The number of hydrogen-bond donors (Lipinski definition) is 2. The van der Waals surface area contributed by atoms with Crippen LogP contribution >= 0.6 is 11.8 Å². The van der Waals surface area contributed by atoms with Crippen molar-refractivity contribution >= 4 is 17.7 Å². The van der Waals surface area contributed by atoms with Crippen molar-refractivity contribution in [2.75, 3.05) is 5.75 Å². The van der Waals surface area contributed by atoms with E-state index in [1.165, 1.54) is 0 Å². The Kier molecular flexibility index (Phi) is 9.48. The Balaban J connectivity index is 1.20. The maximum absolute atomic E-state index is 12.5. The lowest BCUT2D eigenvalue weighted by Crippen LogP contribution is -2.31. The van der Waals surface area contributed by atoms with Crippen LogP contribution in [0.1, 0.15) is 51.4 Å². The fourth-order valence-corrected chi connectivity index (χ4v) is 6.14. The Labute approximate surface area is 261 Å². The Hall–Kier alpha value is -4.28. The number of nitrogens with one attached hydrogen (secondary N) is 1. The van der Waals surface area contributed by atoms with Crippen LogP contribution < -0.4 is 5.32 Å². The van der Waals surface area contributed by atoms with Crippen LogP contribution in [-0.2, 0) is 29.7 Å². The van der Waals surface area contributed by atoms with Crippen molar-refractivity contribution in [3.05, 3.63) is 138 Å². The van der Waals surface area contributed by atoms with Crippen molar-refractivity contribution in [1.29, 1.82) is 0 Å². The molecular formula is C35H34N4O4S. The molecule has 6 rings (SSSR count). The topological polar surface area (TPSA) is 98.5 Å². The summed E-state index contributed by atoms with van der Waals surface area (Å²) in [5, 5.41) is 13.4. The summed E-state index contributed by atoms with van der Waals surface area (Å²) in [6.07, 6.45) is 6.88. The van der Waals surface area contributed by atoms with Gasteiger partial charge in [-0.15, -0.1) is 0 Å². The van der Waals surface area contributed by atoms with Gasteiger partial charge in [0.1, 0.15) is 0 Å². The standard InChI is InChI=1S/C35H34N4O4S/c1-39-16-15-37-35(39)44-23-31-19-32(26-12-10-24(22-40)11-13-26)43-34(42-31)29-8-3-7-28(18-29)27-6-2-5-25(17-27)20-38-33(41)30-9-4-14-36-21-30/h2-18,21,31-32,34,40H,19-20,22-23H2,1H3,(H,38,41)/t31-,32+,34+/m0/s1. The molecule has 1 amide bonds. The molecule has 3 heterocycles. The number of carbonyl (C=O) groups excluding carboxylic acids is 1. The first kappa shape index (κ1) is 29.8. The van der Waals surface area contributed by atoms with Gasteiger partial charge in [0.15, 0.2) is 11.4 Å². The van der Waals surface area contributed by atoms with E-state index in [-0.39, 0.29) is 24.7 Å². The molecule has 5 aromatic rings. The summed E-state index contributed by atoms with van der Waals surface area (Å²) in [6.45, 7) is 0.410. The fraction of sp³-hybridized carbons (Fsp3) is 0.229. The van der Waals surface area contributed by atoms with Gasteiger partial charge in [0.2, 0.25) is 0 Å². The molecule has 44 heavy (non-hydrogen) atoms. The van der Waals surface area contributed by atoms with Gasteiger partial charge in [-0.05, 0) is 52.1 Å². The van der Waals surface area contributed by atoms with Crippen LogP contribution in [0.2, 0.25) is 0 Å². The van der Waals surface area contributed by atoms with Crippen LogP contribution in [0.4, 0.5) is 0 Å². The number of carbonyl (C=O) groups is 1. The molecule has 3 aromatic carbocycles. The van der Waals surface area contributed by atoms with E-state index in [4.69, 9.17) is 9.47 Å². The number of aliphatic hydroxyl groups is 1. The second kappa shape index (κ2) is 14.0. The van der Waals surface area contributed by atoms with E-state index in [0.29, 0.717) is 18.5 Å². The van der Waals surface area contributed by atoms with Gasteiger partial charge < -0.3 is 24.5 Å². The summed E-state index contributed by atoms with van der Waals surface area (Å²) >= 11 is 1.67. The second-order valence-corrected chi connectivity index (χ2v) is 11.7. The molecule has 1 aliphatic rings. The predicted octanol–water partition coefficient (Wildman–Crippen LogP) is 6.24. The SMILES string of the molecule is Cn1ccnc1SC[C@@H]1C[C@H](c2ccc(CO)cc2)O[C@H](c2cccc(-c3cccc(CNC(=O)c4cccnc4)c3)c2)O1. The van der Waals surface area contributed by atoms with Crippen molar-refractivity contribution in [3.63, 3.8) is 0 Å². The van der Waals surface area contributed by atoms with Gasteiger partial charge >= 0.3 is 0 Å². The highest BCUT2D eigenvalue weighted by Crippen LogP contribution is 2.40. The van der Waals surface area contributed by atoms with E-state index in [0.717, 1.165) is 44.3 Å². The number of ether oxygens (including phenoxy) is 2. The molecular weight excluding hydrogens is 572 g/mol. The number of nitrogens with zero attached hydrogens (tertiary/aromatic N) is 3. The van der Waals surface area contributed by atoms with Gasteiger partial charge in [0.25, 0.3) is 5.91 Å². The highest BCUT2D eigenvalue weighted by molar-refractivity contribution is 7.99. The number of thioether (sulfide) groups is 1. The first-order valence-electron chi connectivity index (χ1n) is 14.5. The van der Waals surface area contributed by atoms with Crippen LogP contribution in [0, 0.1) is 0 Å². The van der Waals surface area contributed by atoms with E-state index >= 15 is 0 Å². The largest absolute Gasteiger partial charge is 0.392 e. The van der Waals surface area contributed by atoms with Crippen LogP contribution in [0.25, 0.3) is 11.1 Å². The molecule has 3 atom stereocenters. The maximum Gasteiger partial charge on any atom is 0.253 e. The fourth-order valence-electron chi connectivity index (χ4n) is 5.19. The molecule has 9 heteroatoms. The minimum atomic E-state index is -0.555. The van der Waals surface area contributed by atoms with Crippen LogP contribution in [0.15, 0.2) is 115 Å². The molecule has 0 saturated carbocycles. The number of amides is 1. The van der Waals surface area contributed by atoms with Crippen LogP contribution in [0.3, 0.4) is 0 Å². The molecule has 0 unspecified atom stereocenters. The highest BCUT2D eigenvalue weighted by Gasteiger charge is 2.32. The summed E-state index contributed by atoms with van der Waals surface area (Å²) in [6, 6.07) is 27.8. The van der Waals surface area contributed by atoms with Crippen molar-refractivity contribution in [3.8, 4) is 11.1 Å². The first-order chi connectivity index (χ1) is 21.6. The van der Waals surface area contributed by atoms with Gasteiger partial charge in [0.05, 0.1) is 24.4 Å². The van der Waals surface area contributed by atoms with E-state index in [1.807, 2.05) is 66.3 Å². The molecule has 1 saturated heterocycles. The molecule has 8 nitrogen and oxygen atoms in total. The maximum atomic E-state index is 12.5. The number of benzene rings is 3. The molecule has 2 N–H and O–H groups in total. The van der Waals surface area contributed by atoms with Gasteiger partial charge in [-0.2, -0.15) is 0 Å². The Bertz CT molecular complexity index is 1690. The third-order valence-corrected chi connectivity index (χ3v) is 8.78. The lowest BCUT2D eigenvalue weighted by molar-refractivity contribution is -0.245. The molecule has 1 fully saturated rings. The third-order valence-electron chi connectivity index (χ3n) is 7.59. The van der Waals surface area contributed by atoms with E-state index in [2.05, 4.69) is 39.6 Å². The number of rotatable bonds is 10. The summed E-state index contributed by atoms with van der Waals surface area (Å²) < 4.78 is 15.1. The Morgan fingerprint density at radius 3 is 2.52 bits per heavy atom. The van der Waals surface area contributed by atoms with Gasteiger partial charge in [-0.3, -0.25) is 9.78 Å². The van der Waals surface area contributed by atoms with Crippen molar-refractivity contribution < 1.29 is 19.4 Å². The summed E-state index contributed by atoms with van der Waals surface area (Å²) in [4.78, 5) is 21.0. The van der Waals surface area contributed by atoms with E-state index in [1.54, 1.807) is 42.5 Å². The average molecular weight is 607 g/mol. The van der Waals surface area contributed by atoms with Crippen LogP contribution in [-0.4, -0.2) is 37.4 Å². The summed E-state index contributed by atoms with van der Waals surface area (Å²) in [5.74, 6) is 0.580. The Morgan fingerprint density at radius 1 is 0.955 bits per heavy atom. The molecule has 0 spiro atoms. The lowest BCUT2D eigenvalue weighted by atomic mass is 9.99. The zero-order chi connectivity index (χ0) is 30.3. The number of imidazole rings is 1. The van der Waals surface area contributed by atoms with Crippen molar-refractivity contribution in [2.45, 2.75) is 43.2 Å². The van der Waals surface area contributed by atoms with Crippen molar-refractivity contribution in [1.82, 2.24) is 19.9 Å². The van der Waals surface area contributed by atoms with E-state index in [9.17, 15) is 9.90 Å². The van der Waals surface area contributed by atoms with Crippen LogP contribution in [0.5, 0.6) is 0 Å². The predicted molar refractivity (Wildman–Crippen MR) is 170 cm³/mol. The summed E-state index contributed by atoms with van der Waals surface area (Å²) in [7, 11) is 1.99. The normalized spacial score (nSPS) is 18.2. The zero-order valence-corrected chi connectivity index (χ0v) is 25.2. The second-order valence-electron chi connectivity index (χ2n) is 10.7. The highest BCUT2D eigenvalue weighted by atomic mass is 32.2. The number of pyridine rings is 1. The molecule has 1 aliphatic heterocycles. The molecule has 0 bridgehead atoms. The summed E-state index contributed by atoms with van der Waals surface area (Å²) in [5.41, 5.74) is 6.44. The molecule has 224 valence electrons. The molecule has 2 aromatic heterocycles. The minimum absolute atomic E-state index is 0.00530. The number of aliphatic hydroxyl groups excluding tert-OH is 1. The minimum Gasteiger partial charge on any atom is -0.392 e. The Morgan fingerprint density at radius 2 is 1.77 bits per heavy atom. The zero-order valence-electron chi connectivity index (χ0n) is 24.4. The molecule has 0 aliphatic carbocycles. The quantitative estimate of drug-likeness (QED) is 0.182. The van der Waals surface area contributed by atoms with Gasteiger partial charge in [0, 0.05) is 56.1 Å². The molecule has 0 radical (unpaired) electrons. The average Bonchev–Trinajstić information content (AvgIpc) is 3.51. The van der Waals surface area contributed by atoms with Gasteiger partial charge in [-0.25, -0.2) is 4.98 Å². The number of aromatic nitrogens is 3. The van der Waals surface area contributed by atoms with Gasteiger partial charge in [-0.1, -0.05) is 72.4 Å². The van der Waals surface area contributed by atoms with Crippen molar-refractivity contribution in [2.24, 2.45) is 7.05 Å². The monoisotopic (exact) mass is 606 g/mol. The smallest absolute Gasteiger partial charge is 0.253 e. The third kappa shape index (κ3) is 7.26. The first-order valence-corrected chi connectivity index (χ1v) is 15.5. The number of hydrogen-bond acceptors (Lipinski definition) is 7. The lowest BCUT2D eigenvalue weighted by Gasteiger charge is -2.36.